The SMILES string of the molecule is CCc1ccc(N2CC(c3nnc(NC(=O)/C=C/c4ccc(OC)c(OC)c4)s3)CC2=O)cc1. The molecule has 4 rings (SSSR count). The van der Waals surface area contributed by atoms with Crippen LogP contribution in [0.1, 0.15) is 35.4 Å². The van der Waals surface area contributed by atoms with E-state index >= 15 is 0 Å². The lowest BCUT2D eigenvalue weighted by molar-refractivity contribution is -0.117. The van der Waals surface area contributed by atoms with Gasteiger partial charge in [-0.2, -0.15) is 0 Å². The van der Waals surface area contributed by atoms with E-state index in [1.54, 1.807) is 37.3 Å². The molecule has 1 atom stereocenters. The number of amides is 2. The summed E-state index contributed by atoms with van der Waals surface area (Å²) in [6, 6.07) is 13.4. The Morgan fingerprint density at radius 2 is 1.91 bits per heavy atom. The van der Waals surface area contributed by atoms with Crippen molar-refractivity contribution in [3.63, 3.8) is 0 Å². The Morgan fingerprint density at radius 1 is 1.15 bits per heavy atom. The summed E-state index contributed by atoms with van der Waals surface area (Å²) in [6.45, 7) is 2.65. The maximum absolute atomic E-state index is 12.6. The van der Waals surface area contributed by atoms with Gasteiger partial charge in [0.05, 0.1) is 14.2 Å². The molecule has 34 heavy (non-hydrogen) atoms. The van der Waals surface area contributed by atoms with E-state index in [1.165, 1.54) is 23.0 Å². The van der Waals surface area contributed by atoms with Crippen LogP contribution < -0.4 is 19.7 Å². The van der Waals surface area contributed by atoms with Crippen molar-refractivity contribution in [1.29, 1.82) is 0 Å². The molecule has 9 heteroatoms. The molecule has 2 aromatic carbocycles. The fraction of sp³-hybridized carbons (Fsp3) is 0.280. The zero-order chi connectivity index (χ0) is 24.1. The van der Waals surface area contributed by atoms with Crippen molar-refractivity contribution in [2.24, 2.45) is 0 Å². The number of carbonyl (C=O) groups is 2. The lowest BCUT2D eigenvalue weighted by Crippen LogP contribution is -2.24. The lowest BCUT2D eigenvalue weighted by Gasteiger charge is -2.16. The van der Waals surface area contributed by atoms with Crippen LogP contribution in [0.25, 0.3) is 6.08 Å². The van der Waals surface area contributed by atoms with Gasteiger partial charge in [-0.3, -0.25) is 14.9 Å². The molecule has 0 saturated carbocycles. The Morgan fingerprint density at radius 3 is 2.62 bits per heavy atom. The molecule has 2 amide bonds. The quantitative estimate of drug-likeness (QED) is 0.486. The van der Waals surface area contributed by atoms with Gasteiger partial charge in [-0.25, -0.2) is 0 Å². The summed E-state index contributed by atoms with van der Waals surface area (Å²) in [6.07, 6.45) is 4.43. The standard InChI is InChI=1S/C25H26N4O4S/c1-4-16-5-9-19(10-6-16)29-15-18(14-23(29)31)24-27-28-25(34-24)26-22(30)12-8-17-7-11-20(32-2)21(13-17)33-3/h5-13,18H,4,14-15H2,1-3H3,(H,26,28,30)/b12-8+. The number of carbonyl (C=O) groups excluding carboxylic acids is 2. The molecule has 1 aliphatic rings. The third-order valence-corrected chi connectivity index (χ3v) is 6.64. The molecular weight excluding hydrogens is 452 g/mol. The molecule has 0 bridgehead atoms. The Balaban J connectivity index is 1.37. The van der Waals surface area contributed by atoms with Crippen LogP contribution in [0.3, 0.4) is 0 Å². The highest BCUT2D eigenvalue weighted by Crippen LogP contribution is 2.34. The van der Waals surface area contributed by atoms with Crippen molar-refractivity contribution < 1.29 is 19.1 Å². The lowest BCUT2D eigenvalue weighted by atomic mass is 10.1. The molecule has 0 radical (unpaired) electrons. The predicted molar refractivity (Wildman–Crippen MR) is 133 cm³/mol. The number of aryl methyl sites for hydroxylation is 1. The number of hydrogen-bond donors (Lipinski definition) is 1. The zero-order valence-electron chi connectivity index (χ0n) is 19.3. The van der Waals surface area contributed by atoms with Gasteiger partial charge in [0, 0.05) is 30.6 Å². The third kappa shape index (κ3) is 5.26. The van der Waals surface area contributed by atoms with Crippen molar-refractivity contribution in [1.82, 2.24) is 10.2 Å². The van der Waals surface area contributed by atoms with E-state index in [2.05, 4.69) is 22.4 Å². The molecule has 176 valence electrons. The summed E-state index contributed by atoms with van der Waals surface area (Å²) in [5, 5.41) is 12.2. The van der Waals surface area contributed by atoms with E-state index in [1.807, 2.05) is 30.3 Å². The van der Waals surface area contributed by atoms with Crippen molar-refractivity contribution in [3.05, 3.63) is 64.7 Å². The van der Waals surface area contributed by atoms with Crippen LogP contribution >= 0.6 is 11.3 Å². The first-order valence-electron chi connectivity index (χ1n) is 10.9. The van der Waals surface area contributed by atoms with Crippen molar-refractivity contribution in [3.8, 4) is 11.5 Å². The normalized spacial score (nSPS) is 15.7. The highest BCUT2D eigenvalue weighted by Gasteiger charge is 2.33. The Kier molecular flexibility index (Phi) is 7.22. The van der Waals surface area contributed by atoms with Gasteiger partial charge in [0.25, 0.3) is 0 Å². The number of ether oxygens (including phenoxy) is 2. The molecule has 8 nitrogen and oxygen atoms in total. The summed E-state index contributed by atoms with van der Waals surface area (Å²) in [7, 11) is 3.13. The van der Waals surface area contributed by atoms with Crippen molar-refractivity contribution in [2.75, 3.05) is 31.0 Å². The van der Waals surface area contributed by atoms with Crippen molar-refractivity contribution >= 4 is 40.0 Å². The van der Waals surface area contributed by atoms with Crippen molar-refractivity contribution in [2.45, 2.75) is 25.7 Å². The van der Waals surface area contributed by atoms with Crippen LogP contribution in [-0.2, 0) is 16.0 Å². The maximum atomic E-state index is 12.6. The van der Waals surface area contributed by atoms with Crippen LogP contribution in [0.4, 0.5) is 10.8 Å². The number of rotatable bonds is 8. The van der Waals surface area contributed by atoms with E-state index in [9.17, 15) is 9.59 Å². The minimum atomic E-state index is -0.322. The molecule has 3 aromatic rings. The second kappa shape index (κ2) is 10.5. The minimum Gasteiger partial charge on any atom is -0.493 e. The van der Waals surface area contributed by atoms with E-state index in [4.69, 9.17) is 9.47 Å². The number of hydrogen-bond acceptors (Lipinski definition) is 7. The van der Waals surface area contributed by atoms with Crippen LogP contribution in [0.5, 0.6) is 11.5 Å². The molecule has 1 aliphatic heterocycles. The van der Waals surface area contributed by atoms with E-state index in [0.29, 0.717) is 29.6 Å². The summed E-state index contributed by atoms with van der Waals surface area (Å²) in [5.41, 5.74) is 2.92. The fourth-order valence-corrected chi connectivity index (χ4v) is 4.60. The number of benzene rings is 2. The first-order valence-corrected chi connectivity index (χ1v) is 11.8. The van der Waals surface area contributed by atoms with E-state index in [-0.39, 0.29) is 17.7 Å². The van der Waals surface area contributed by atoms with Gasteiger partial charge in [0.2, 0.25) is 16.9 Å². The van der Waals surface area contributed by atoms with E-state index in [0.717, 1.165) is 22.7 Å². The second-order valence-corrected chi connectivity index (χ2v) is 8.82. The minimum absolute atomic E-state index is 0.0520. The number of anilines is 2. The summed E-state index contributed by atoms with van der Waals surface area (Å²) >= 11 is 1.29. The highest BCUT2D eigenvalue weighted by molar-refractivity contribution is 7.15. The van der Waals surface area contributed by atoms with Crippen LogP contribution in [0, 0.1) is 0 Å². The molecule has 1 N–H and O–H groups in total. The molecule has 0 aliphatic carbocycles. The average Bonchev–Trinajstić information content (AvgIpc) is 3.49. The fourth-order valence-electron chi connectivity index (χ4n) is 3.76. The first-order chi connectivity index (χ1) is 16.5. The largest absolute Gasteiger partial charge is 0.493 e. The average molecular weight is 479 g/mol. The van der Waals surface area contributed by atoms with Gasteiger partial charge in [0.1, 0.15) is 5.01 Å². The van der Waals surface area contributed by atoms with Gasteiger partial charge >= 0.3 is 0 Å². The maximum Gasteiger partial charge on any atom is 0.250 e. The van der Waals surface area contributed by atoms with Crippen LogP contribution in [-0.4, -0.2) is 42.8 Å². The van der Waals surface area contributed by atoms with Crippen LogP contribution in [0.2, 0.25) is 0 Å². The smallest absolute Gasteiger partial charge is 0.250 e. The molecule has 2 heterocycles. The van der Waals surface area contributed by atoms with Gasteiger partial charge in [-0.05, 0) is 47.9 Å². The van der Waals surface area contributed by atoms with Gasteiger partial charge < -0.3 is 14.4 Å². The van der Waals surface area contributed by atoms with Crippen LogP contribution in [0.15, 0.2) is 48.5 Å². The molecule has 1 aromatic heterocycles. The predicted octanol–water partition coefficient (Wildman–Crippen LogP) is 4.29. The Hall–Kier alpha value is -3.72. The van der Waals surface area contributed by atoms with Gasteiger partial charge in [-0.15, -0.1) is 10.2 Å². The zero-order valence-corrected chi connectivity index (χ0v) is 20.1. The van der Waals surface area contributed by atoms with Gasteiger partial charge in [0.15, 0.2) is 11.5 Å². The van der Waals surface area contributed by atoms with E-state index < -0.39 is 0 Å². The Bertz CT molecular complexity index is 1210. The molecule has 1 fully saturated rings. The first kappa shape index (κ1) is 23.4. The summed E-state index contributed by atoms with van der Waals surface area (Å²) in [4.78, 5) is 26.7. The molecule has 1 saturated heterocycles. The number of nitrogens with one attached hydrogen (secondary N) is 1. The third-order valence-electron chi connectivity index (χ3n) is 5.64. The summed E-state index contributed by atoms with van der Waals surface area (Å²) < 4.78 is 10.5. The second-order valence-electron chi connectivity index (χ2n) is 7.81. The Labute approximate surface area is 202 Å². The number of aromatic nitrogens is 2. The molecular formula is C25H26N4O4S. The number of methoxy groups -OCH3 is 2. The molecule has 1 unspecified atom stereocenters. The monoisotopic (exact) mass is 478 g/mol. The summed E-state index contributed by atoms with van der Waals surface area (Å²) in [5.74, 6) is 0.891. The van der Waals surface area contributed by atoms with Gasteiger partial charge in [-0.1, -0.05) is 36.5 Å². The topological polar surface area (TPSA) is 93.7 Å². The molecule has 0 spiro atoms. The number of nitrogens with zero attached hydrogens (tertiary/aromatic N) is 3. The highest BCUT2D eigenvalue weighted by atomic mass is 32.1.